The molecule has 2 nitrogen and oxygen atoms in total. The van der Waals surface area contributed by atoms with Crippen LogP contribution in [0.3, 0.4) is 0 Å². The van der Waals surface area contributed by atoms with Crippen LogP contribution in [0.5, 0.6) is 0 Å². The maximum Gasteiger partial charge on any atom is 0.168 e. The van der Waals surface area contributed by atoms with Gasteiger partial charge in [0, 0.05) is 32.5 Å². The Labute approximate surface area is 132 Å². The molecule has 0 unspecified atom stereocenters. The van der Waals surface area contributed by atoms with Gasteiger partial charge in [-0.05, 0) is 17.8 Å². The van der Waals surface area contributed by atoms with Crippen LogP contribution in [0.4, 0.5) is 0 Å². The lowest BCUT2D eigenvalue weighted by molar-refractivity contribution is 0.649. The van der Waals surface area contributed by atoms with E-state index in [4.69, 9.17) is 0 Å². The predicted octanol–water partition coefficient (Wildman–Crippen LogP) is 4.60. The van der Waals surface area contributed by atoms with Crippen LogP contribution in [-0.2, 0) is 0 Å². The van der Waals surface area contributed by atoms with Gasteiger partial charge >= 0.3 is 0 Å². The first-order valence-electron chi connectivity index (χ1n) is 6.21. The molecule has 1 aromatic carbocycles. The zero-order chi connectivity index (χ0) is 12.8. The standard InChI is InChI=1S/C15H12N2S2.ClH/c1-2-12-14(17-8-7-16-15(17)19-12)11-9-18-13-6-4-3-5-10(11)13;/h2-6,9H,1,7-8H2;1H. The number of halogens is 1. The lowest BCUT2D eigenvalue weighted by Crippen LogP contribution is -2.19. The fourth-order valence-corrected chi connectivity index (χ4v) is 4.57. The van der Waals surface area contributed by atoms with Crippen LogP contribution in [0.1, 0.15) is 5.56 Å². The van der Waals surface area contributed by atoms with Crippen LogP contribution in [0.25, 0.3) is 15.8 Å². The Hall–Kier alpha value is -1.23. The average molecular weight is 321 g/mol. The Morgan fingerprint density at radius 2 is 2.15 bits per heavy atom. The van der Waals surface area contributed by atoms with Gasteiger partial charge in [0.1, 0.15) is 0 Å². The molecule has 0 saturated heterocycles. The Morgan fingerprint density at radius 3 is 3.00 bits per heavy atom. The summed E-state index contributed by atoms with van der Waals surface area (Å²) in [4.78, 5) is 8.11. The van der Waals surface area contributed by atoms with Gasteiger partial charge in [0.15, 0.2) is 5.17 Å². The van der Waals surface area contributed by atoms with Gasteiger partial charge in [0.2, 0.25) is 0 Å². The Bertz CT molecular complexity index is 745. The number of amidine groups is 1. The van der Waals surface area contributed by atoms with E-state index in [1.165, 1.54) is 26.3 Å². The van der Waals surface area contributed by atoms with Gasteiger partial charge in [-0.3, -0.25) is 4.99 Å². The molecule has 2 aromatic rings. The van der Waals surface area contributed by atoms with Gasteiger partial charge < -0.3 is 4.90 Å². The minimum Gasteiger partial charge on any atom is -0.317 e. The van der Waals surface area contributed by atoms with Crippen molar-refractivity contribution in [1.29, 1.82) is 0 Å². The van der Waals surface area contributed by atoms with Crippen LogP contribution in [0.2, 0.25) is 0 Å². The molecule has 0 N–H and O–H groups in total. The number of benzene rings is 1. The normalized spacial score (nSPS) is 17.2. The van der Waals surface area contributed by atoms with Crippen molar-refractivity contribution in [2.75, 3.05) is 13.1 Å². The summed E-state index contributed by atoms with van der Waals surface area (Å²) < 4.78 is 1.34. The molecule has 1 aromatic heterocycles. The van der Waals surface area contributed by atoms with Crippen LogP contribution in [-0.4, -0.2) is 23.2 Å². The average Bonchev–Trinajstić information content (AvgIpc) is 3.11. The number of allylic oxidation sites excluding steroid dienone is 1. The van der Waals surface area contributed by atoms with E-state index < -0.39 is 0 Å². The summed E-state index contributed by atoms with van der Waals surface area (Å²) >= 11 is 3.54. The van der Waals surface area contributed by atoms with Crippen LogP contribution in [0, 0.1) is 0 Å². The third kappa shape index (κ3) is 1.91. The molecule has 0 spiro atoms. The topological polar surface area (TPSA) is 15.6 Å². The smallest absolute Gasteiger partial charge is 0.168 e. The van der Waals surface area contributed by atoms with E-state index in [1.54, 1.807) is 23.1 Å². The molecular formula is C15H13ClN2S2. The maximum atomic E-state index is 4.56. The first-order valence-corrected chi connectivity index (χ1v) is 7.91. The quantitative estimate of drug-likeness (QED) is 0.804. The molecule has 0 atom stereocenters. The number of fused-ring (bicyclic) bond motifs is 2. The van der Waals surface area contributed by atoms with Crippen molar-refractivity contribution in [1.82, 2.24) is 4.90 Å². The number of hydrogen-bond donors (Lipinski definition) is 0. The lowest BCUT2D eigenvalue weighted by atomic mass is 10.1. The summed E-state index contributed by atoms with van der Waals surface area (Å²) in [5.41, 5.74) is 2.60. The van der Waals surface area contributed by atoms with Crippen molar-refractivity contribution < 1.29 is 0 Å². The van der Waals surface area contributed by atoms with Crippen molar-refractivity contribution in [3.63, 3.8) is 0 Å². The Balaban J connectivity index is 0.00000121. The second kappa shape index (κ2) is 5.28. The van der Waals surface area contributed by atoms with Gasteiger partial charge in [-0.25, -0.2) is 0 Å². The van der Waals surface area contributed by atoms with Gasteiger partial charge in [0.25, 0.3) is 0 Å². The van der Waals surface area contributed by atoms with E-state index in [9.17, 15) is 0 Å². The summed E-state index contributed by atoms with van der Waals surface area (Å²) in [6, 6.07) is 8.58. The number of thiophene rings is 1. The first kappa shape index (κ1) is 13.7. The zero-order valence-corrected chi connectivity index (χ0v) is 13.2. The van der Waals surface area contributed by atoms with E-state index in [-0.39, 0.29) is 12.4 Å². The number of rotatable bonds is 2. The summed E-state index contributed by atoms with van der Waals surface area (Å²) in [6.07, 6.45) is 1.95. The van der Waals surface area contributed by atoms with E-state index in [0.29, 0.717) is 0 Å². The number of nitrogens with zero attached hydrogens (tertiary/aromatic N) is 2. The minimum absolute atomic E-state index is 0. The molecule has 0 radical (unpaired) electrons. The van der Waals surface area contributed by atoms with E-state index >= 15 is 0 Å². The molecule has 2 aliphatic heterocycles. The number of thioether (sulfide) groups is 1. The number of aliphatic imine (C=N–C) groups is 1. The zero-order valence-electron chi connectivity index (χ0n) is 10.7. The number of hydrogen-bond acceptors (Lipinski definition) is 4. The minimum atomic E-state index is 0. The molecule has 0 saturated carbocycles. The predicted molar refractivity (Wildman–Crippen MR) is 92.8 cm³/mol. The highest BCUT2D eigenvalue weighted by molar-refractivity contribution is 8.17. The highest BCUT2D eigenvalue weighted by Crippen LogP contribution is 2.45. The van der Waals surface area contributed by atoms with Crippen molar-refractivity contribution in [3.05, 3.63) is 52.8 Å². The van der Waals surface area contributed by atoms with Crippen molar-refractivity contribution in [2.45, 2.75) is 0 Å². The van der Waals surface area contributed by atoms with Crippen LogP contribution >= 0.6 is 35.5 Å². The van der Waals surface area contributed by atoms with Crippen LogP contribution in [0.15, 0.2) is 52.2 Å². The van der Waals surface area contributed by atoms with Gasteiger partial charge in [-0.2, -0.15) is 0 Å². The maximum absolute atomic E-state index is 4.56. The molecule has 0 aliphatic carbocycles. The van der Waals surface area contributed by atoms with E-state index in [2.05, 4.69) is 46.1 Å². The van der Waals surface area contributed by atoms with Crippen molar-refractivity contribution >= 4 is 56.5 Å². The second-order valence-corrected chi connectivity index (χ2v) is 6.40. The molecule has 2 aliphatic rings. The second-order valence-electron chi connectivity index (χ2n) is 4.48. The monoisotopic (exact) mass is 320 g/mol. The van der Waals surface area contributed by atoms with Crippen molar-refractivity contribution in [3.8, 4) is 0 Å². The van der Waals surface area contributed by atoms with Gasteiger partial charge in [-0.15, -0.1) is 23.7 Å². The molecule has 102 valence electrons. The van der Waals surface area contributed by atoms with Crippen molar-refractivity contribution in [2.24, 2.45) is 4.99 Å². The summed E-state index contributed by atoms with van der Waals surface area (Å²) in [6.45, 7) is 5.84. The SMILES string of the molecule is C=CC1=C(c2csc3ccccc23)N2CCN=C2S1.Cl. The third-order valence-electron chi connectivity index (χ3n) is 3.43. The first-order chi connectivity index (χ1) is 9.38. The molecule has 0 amide bonds. The summed E-state index contributed by atoms with van der Waals surface area (Å²) in [5.74, 6) is 0. The molecular weight excluding hydrogens is 308 g/mol. The highest BCUT2D eigenvalue weighted by Gasteiger charge is 2.32. The lowest BCUT2D eigenvalue weighted by Gasteiger charge is -2.16. The molecule has 3 heterocycles. The Kier molecular flexibility index (Phi) is 3.63. The van der Waals surface area contributed by atoms with E-state index in [0.717, 1.165) is 18.3 Å². The highest BCUT2D eigenvalue weighted by atomic mass is 35.5. The van der Waals surface area contributed by atoms with Crippen LogP contribution < -0.4 is 0 Å². The molecule has 20 heavy (non-hydrogen) atoms. The third-order valence-corrected chi connectivity index (χ3v) is 5.50. The fraction of sp³-hybridized carbons (Fsp3) is 0.133. The largest absolute Gasteiger partial charge is 0.317 e. The summed E-state index contributed by atoms with van der Waals surface area (Å²) in [5, 5.41) is 4.71. The molecule has 4 rings (SSSR count). The molecule has 0 fully saturated rings. The van der Waals surface area contributed by atoms with Gasteiger partial charge in [-0.1, -0.05) is 30.9 Å². The Morgan fingerprint density at radius 1 is 1.30 bits per heavy atom. The summed E-state index contributed by atoms with van der Waals surface area (Å²) in [7, 11) is 0. The molecule has 5 heteroatoms. The fourth-order valence-electron chi connectivity index (χ4n) is 2.58. The van der Waals surface area contributed by atoms with Gasteiger partial charge in [0.05, 0.1) is 12.2 Å². The molecule has 0 bridgehead atoms. The van der Waals surface area contributed by atoms with E-state index in [1.807, 2.05) is 6.08 Å².